The van der Waals surface area contributed by atoms with Crippen molar-refractivity contribution >= 4 is 11.9 Å². The Balaban J connectivity index is 3.23. The molecule has 0 amide bonds. The van der Waals surface area contributed by atoms with E-state index in [2.05, 4.69) is 9.47 Å². The monoisotopic (exact) mass is 266 g/mol. The SMILES string of the molecule is COC(=O)c1cccc(C(=O)OC)c1OCC(C)C. The van der Waals surface area contributed by atoms with Gasteiger partial charge in [0.2, 0.25) is 0 Å². The van der Waals surface area contributed by atoms with Crippen molar-refractivity contribution < 1.29 is 23.8 Å². The van der Waals surface area contributed by atoms with Crippen LogP contribution in [0.3, 0.4) is 0 Å². The van der Waals surface area contributed by atoms with E-state index in [0.717, 1.165) is 0 Å². The molecule has 5 heteroatoms. The summed E-state index contributed by atoms with van der Waals surface area (Å²) in [6.45, 7) is 4.33. The second kappa shape index (κ2) is 6.78. The van der Waals surface area contributed by atoms with Crippen LogP contribution in [-0.2, 0) is 9.47 Å². The summed E-state index contributed by atoms with van der Waals surface area (Å²) >= 11 is 0. The van der Waals surface area contributed by atoms with Crippen LogP contribution >= 0.6 is 0 Å². The maximum atomic E-state index is 11.7. The van der Waals surface area contributed by atoms with Gasteiger partial charge in [-0.25, -0.2) is 9.59 Å². The quantitative estimate of drug-likeness (QED) is 0.765. The van der Waals surface area contributed by atoms with Crippen LogP contribution in [-0.4, -0.2) is 32.8 Å². The van der Waals surface area contributed by atoms with Crippen molar-refractivity contribution in [3.8, 4) is 5.75 Å². The van der Waals surface area contributed by atoms with E-state index >= 15 is 0 Å². The van der Waals surface area contributed by atoms with E-state index in [9.17, 15) is 9.59 Å². The molecule has 0 aliphatic heterocycles. The Morgan fingerprint density at radius 3 is 1.89 bits per heavy atom. The average molecular weight is 266 g/mol. The van der Waals surface area contributed by atoms with Crippen LogP contribution < -0.4 is 4.74 Å². The third kappa shape index (κ3) is 3.71. The summed E-state index contributed by atoms with van der Waals surface area (Å²) in [5, 5.41) is 0. The van der Waals surface area contributed by atoms with Gasteiger partial charge in [0, 0.05) is 0 Å². The molecule has 1 rings (SSSR count). The predicted octanol–water partition coefficient (Wildman–Crippen LogP) is 2.29. The van der Waals surface area contributed by atoms with E-state index in [0.29, 0.717) is 6.61 Å². The Labute approximate surface area is 112 Å². The first kappa shape index (κ1) is 15.0. The minimum absolute atomic E-state index is 0.204. The van der Waals surface area contributed by atoms with Crippen LogP contribution in [0, 0.1) is 5.92 Å². The van der Waals surface area contributed by atoms with E-state index in [1.165, 1.54) is 14.2 Å². The Hall–Kier alpha value is -2.04. The lowest BCUT2D eigenvalue weighted by molar-refractivity contribution is 0.0588. The smallest absolute Gasteiger partial charge is 0.341 e. The Morgan fingerprint density at radius 1 is 1.05 bits per heavy atom. The summed E-state index contributed by atoms with van der Waals surface area (Å²) in [6, 6.07) is 4.68. The minimum Gasteiger partial charge on any atom is -0.492 e. The lowest BCUT2D eigenvalue weighted by Gasteiger charge is -2.15. The molecule has 0 spiro atoms. The Kier molecular flexibility index (Phi) is 5.36. The molecule has 0 unspecified atom stereocenters. The van der Waals surface area contributed by atoms with Gasteiger partial charge in [-0.1, -0.05) is 19.9 Å². The molecule has 1 aromatic carbocycles. The number of rotatable bonds is 5. The van der Waals surface area contributed by atoms with Gasteiger partial charge >= 0.3 is 11.9 Å². The largest absolute Gasteiger partial charge is 0.492 e. The van der Waals surface area contributed by atoms with Crippen LogP contribution in [0.4, 0.5) is 0 Å². The molecule has 0 aliphatic carbocycles. The average Bonchev–Trinajstić information content (AvgIpc) is 2.42. The fourth-order valence-electron chi connectivity index (χ4n) is 1.48. The number of esters is 2. The molecule has 0 saturated heterocycles. The summed E-state index contributed by atoms with van der Waals surface area (Å²) in [5.74, 6) is -0.639. The molecular formula is C14H18O5. The molecule has 0 aliphatic rings. The van der Waals surface area contributed by atoms with Gasteiger partial charge in [-0.2, -0.15) is 0 Å². The molecule has 5 nitrogen and oxygen atoms in total. The van der Waals surface area contributed by atoms with E-state index in [1.807, 2.05) is 13.8 Å². The Morgan fingerprint density at radius 2 is 1.53 bits per heavy atom. The van der Waals surface area contributed by atoms with Crippen molar-refractivity contribution in [2.45, 2.75) is 13.8 Å². The van der Waals surface area contributed by atoms with Crippen LogP contribution in [0.25, 0.3) is 0 Å². The summed E-state index contributed by atoms with van der Waals surface area (Å²) in [5.41, 5.74) is 0.428. The highest BCUT2D eigenvalue weighted by Crippen LogP contribution is 2.26. The predicted molar refractivity (Wildman–Crippen MR) is 69.5 cm³/mol. The highest BCUT2D eigenvalue weighted by atomic mass is 16.5. The second-order valence-corrected chi connectivity index (χ2v) is 4.37. The molecule has 104 valence electrons. The molecule has 0 atom stereocenters. The topological polar surface area (TPSA) is 61.8 Å². The zero-order valence-corrected chi connectivity index (χ0v) is 11.6. The fraction of sp³-hybridized carbons (Fsp3) is 0.429. The number of hydrogen-bond donors (Lipinski definition) is 0. The fourth-order valence-corrected chi connectivity index (χ4v) is 1.48. The maximum absolute atomic E-state index is 11.7. The molecule has 0 saturated carbocycles. The van der Waals surface area contributed by atoms with E-state index in [1.54, 1.807) is 18.2 Å². The zero-order chi connectivity index (χ0) is 14.4. The number of hydrogen-bond acceptors (Lipinski definition) is 5. The Bertz CT molecular complexity index is 431. The molecule has 1 aromatic rings. The van der Waals surface area contributed by atoms with E-state index in [4.69, 9.17) is 4.74 Å². The lowest BCUT2D eigenvalue weighted by atomic mass is 10.1. The number of ether oxygens (including phenoxy) is 3. The summed E-state index contributed by atoms with van der Waals surface area (Å²) in [4.78, 5) is 23.4. The van der Waals surface area contributed by atoms with Crippen molar-refractivity contribution in [2.75, 3.05) is 20.8 Å². The van der Waals surface area contributed by atoms with Gasteiger partial charge in [0.1, 0.15) is 16.9 Å². The molecule has 0 N–H and O–H groups in total. The first-order valence-corrected chi connectivity index (χ1v) is 5.93. The van der Waals surface area contributed by atoms with Crippen molar-refractivity contribution in [1.29, 1.82) is 0 Å². The van der Waals surface area contributed by atoms with Gasteiger partial charge in [0.05, 0.1) is 20.8 Å². The zero-order valence-electron chi connectivity index (χ0n) is 11.6. The molecule has 19 heavy (non-hydrogen) atoms. The summed E-state index contributed by atoms with van der Waals surface area (Å²) < 4.78 is 14.9. The van der Waals surface area contributed by atoms with Crippen LogP contribution in [0.1, 0.15) is 34.6 Å². The summed E-state index contributed by atoms with van der Waals surface area (Å²) in [7, 11) is 2.55. The molecule has 0 bridgehead atoms. The maximum Gasteiger partial charge on any atom is 0.341 e. The minimum atomic E-state index is -0.551. The first-order valence-electron chi connectivity index (χ1n) is 5.93. The van der Waals surface area contributed by atoms with Gasteiger partial charge in [-0.15, -0.1) is 0 Å². The van der Waals surface area contributed by atoms with E-state index in [-0.39, 0.29) is 22.8 Å². The van der Waals surface area contributed by atoms with Gasteiger partial charge < -0.3 is 14.2 Å². The lowest BCUT2D eigenvalue weighted by Crippen LogP contribution is -2.14. The van der Waals surface area contributed by atoms with Gasteiger partial charge in [0.25, 0.3) is 0 Å². The molecule has 0 radical (unpaired) electrons. The summed E-state index contributed by atoms with van der Waals surface area (Å²) in [6.07, 6.45) is 0. The van der Waals surface area contributed by atoms with Crippen LogP contribution in [0.5, 0.6) is 5.75 Å². The van der Waals surface area contributed by atoms with Gasteiger partial charge in [0.15, 0.2) is 0 Å². The van der Waals surface area contributed by atoms with Crippen LogP contribution in [0.2, 0.25) is 0 Å². The number of methoxy groups -OCH3 is 2. The van der Waals surface area contributed by atoms with Crippen LogP contribution in [0.15, 0.2) is 18.2 Å². The molecular weight excluding hydrogens is 248 g/mol. The van der Waals surface area contributed by atoms with Crippen molar-refractivity contribution in [3.63, 3.8) is 0 Å². The highest BCUT2D eigenvalue weighted by Gasteiger charge is 2.21. The second-order valence-electron chi connectivity index (χ2n) is 4.37. The first-order chi connectivity index (χ1) is 9.01. The van der Waals surface area contributed by atoms with Crippen molar-refractivity contribution in [3.05, 3.63) is 29.3 Å². The van der Waals surface area contributed by atoms with Crippen molar-refractivity contribution in [2.24, 2.45) is 5.92 Å². The number of benzene rings is 1. The number of para-hydroxylation sites is 1. The molecule has 0 fully saturated rings. The molecule has 0 aromatic heterocycles. The number of carbonyl (C=O) groups excluding carboxylic acids is 2. The standard InChI is InChI=1S/C14H18O5/c1-9(2)8-19-12-10(13(15)17-3)6-5-7-11(12)14(16)18-4/h5-7,9H,8H2,1-4H3. The third-order valence-corrected chi connectivity index (χ3v) is 2.39. The number of carbonyl (C=O) groups is 2. The highest BCUT2D eigenvalue weighted by molar-refractivity contribution is 6.00. The van der Waals surface area contributed by atoms with E-state index < -0.39 is 11.9 Å². The van der Waals surface area contributed by atoms with Gasteiger partial charge in [-0.3, -0.25) is 0 Å². The van der Waals surface area contributed by atoms with Gasteiger partial charge in [-0.05, 0) is 18.1 Å². The third-order valence-electron chi connectivity index (χ3n) is 2.39. The normalized spacial score (nSPS) is 10.2. The van der Waals surface area contributed by atoms with Crippen molar-refractivity contribution in [1.82, 2.24) is 0 Å². The molecule has 0 heterocycles.